The summed E-state index contributed by atoms with van der Waals surface area (Å²) < 4.78 is 5.35. The normalized spacial score (nSPS) is 10.9. The summed E-state index contributed by atoms with van der Waals surface area (Å²) in [6.45, 7) is 0. The first-order valence-electron chi connectivity index (χ1n) is 9.14. The molecule has 0 unspecified atom stereocenters. The van der Waals surface area contributed by atoms with E-state index in [1.807, 2.05) is 66.7 Å². The van der Waals surface area contributed by atoms with E-state index in [1.54, 1.807) is 24.6 Å². The van der Waals surface area contributed by atoms with Crippen molar-refractivity contribution in [2.45, 2.75) is 0 Å². The molecule has 1 N–H and O–H groups in total. The molecule has 29 heavy (non-hydrogen) atoms. The zero-order chi connectivity index (χ0) is 19.6. The molecule has 0 aliphatic carbocycles. The van der Waals surface area contributed by atoms with Crippen LogP contribution >= 0.6 is 0 Å². The van der Waals surface area contributed by atoms with E-state index in [4.69, 9.17) is 9.40 Å². The molecular formula is C23H16N4O2. The molecular weight excluding hydrogens is 364 g/mol. The van der Waals surface area contributed by atoms with Gasteiger partial charge in [-0.3, -0.25) is 4.79 Å². The summed E-state index contributed by atoms with van der Waals surface area (Å²) in [6.07, 6.45) is 3.26. The highest BCUT2D eigenvalue weighted by atomic mass is 16.3. The number of carbonyl (C=O) groups is 1. The van der Waals surface area contributed by atoms with Crippen molar-refractivity contribution in [2.24, 2.45) is 0 Å². The van der Waals surface area contributed by atoms with Crippen molar-refractivity contribution in [1.29, 1.82) is 0 Å². The number of fused-ring (bicyclic) bond motifs is 1. The third-order valence-corrected chi connectivity index (χ3v) is 4.61. The Labute approximate surface area is 166 Å². The summed E-state index contributed by atoms with van der Waals surface area (Å²) >= 11 is 0. The molecule has 3 heterocycles. The molecule has 6 heteroatoms. The van der Waals surface area contributed by atoms with E-state index in [9.17, 15) is 4.79 Å². The molecule has 0 bridgehead atoms. The Morgan fingerprint density at radius 3 is 2.55 bits per heavy atom. The van der Waals surface area contributed by atoms with E-state index in [0.717, 1.165) is 22.2 Å². The minimum atomic E-state index is -0.269. The monoisotopic (exact) mass is 380 g/mol. The maximum atomic E-state index is 13.1. The number of benzene rings is 2. The molecule has 0 aliphatic rings. The van der Waals surface area contributed by atoms with E-state index in [0.29, 0.717) is 17.0 Å². The fourth-order valence-electron chi connectivity index (χ4n) is 3.23. The Bertz CT molecular complexity index is 1290. The van der Waals surface area contributed by atoms with Gasteiger partial charge in [0.05, 0.1) is 23.0 Å². The lowest BCUT2D eigenvalue weighted by molar-refractivity contribution is 0.101. The first-order chi connectivity index (χ1) is 14.3. The van der Waals surface area contributed by atoms with Crippen molar-refractivity contribution < 1.29 is 9.21 Å². The summed E-state index contributed by atoms with van der Waals surface area (Å²) in [5.74, 6) is 0.369. The first-order valence-corrected chi connectivity index (χ1v) is 9.14. The summed E-state index contributed by atoms with van der Waals surface area (Å²) in [5, 5.41) is 5.13. The predicted octanol–water partition coefficient (Wildman–Crippen LogP) is 4.74. The second-order valence-corrected chi connectivity index (χ2v) is 6.50. The number of aromatic nitrogens is 3. The number of furan rings is 1. The minimum absolute atomic E-state index is 0.269. The van der Waals surface area contributed by atoms with Crippen LogP contribution in [0.25, 0.3) is 33.6 Å². The maximum Gasteiger partial charge on any atom is 0.272 e. The molecule has 0 fully saturated rings. The second-order valence-electron chi connectivity index (χ2n) is 6.50. The zero-order valence-electron chi connectivity index (χ0n) is 15.3. The fraction of sp³-hybridized carbons (Fsp3) is 0. The first kappa shape index (κ1) is 16.9. The maximum absolute atomic E-state index is 13.1. The number of nitrogens with zero attached hydrogens (tertiary/aromatic N) is 3. The number of rotatable bonds is 4. The highest BCUT2D eigenvalue weighted by molar-refractivity contribution is 6.10. The van der Waals surface area contributed by atoms with Crippen LogP contribution in [0.1, 0.15) is 10.4 Å². The molecule has 140 valence electrons. The molecule has 0 spiro atoms. The van der Waals surface area contributed by atoms with Crippen molar-refractivity contribution in [2.75, 3.05) is 5.43 Å². The number of amides is 1. The van der Waals surface area contributed by atoms with Gasteiger partial charge >= 0.3 is 0 Å². The summed E-state index contributed by atoms with van der Waals surface area (Å²) in [4.78, 5) is 19.2. The zero-order valence-corrected chi connectivity index (χ0v) is 15.3. The Kier molecular flexibility index (Phi) is 4.14. The van der Waals surface area contributed by atoms with E-state index < -0.39 is 0 Å². The molecule has 5 aromatic rings. The lowest BCUT2D eigenvalue weighted by Crippen LogP contribution is -2.23. The van der Waals surface area contributed by atoms with Crippen molar-refractivity contribution in [3.8, 4) is 22.7 Å². The van der Waals surface area contributed by atoms with Gasteiger partial charge in [0.15, 0.2) is 5.76 Å². The van der Waals surface area contributed by atoms with Crippen LogP contribution in [0.4, 0.5) is 0 Å². The van der Waals surface area contributed by atoms with Gasteiger partial charge in [-0.15, -0.1) is 5.10 Å². The molecule has 6 nitrogen and oxygen atoms in total. The van der Waals surface area contributed by atoms with Gasteiger partial charge in [-0.05, 0) is 30.3 Å². The van der Waals surface area contributed by atoms with Crippen molar-refractivity contribution in [3.05, 3.63) is 96.9 Å². The number of carbonyl (C=O) groups excluding carboxylic acids is 1. The van der Waals surface area contributed by atoms with Gasteiger partial charge in [-0.25, -0.2) is 10.4 Å². The lowest BCUT2D eigenvalue weighted by atomic mass is 10.0. The van der Waals surface area contributed by atoms with Gasteiger partial charge in [0, 0.05) is 17.1 Å². The van der Waals surface area contributed by atoms with Crippen molar-refractivity contribution in [3.63, 3.8) is 0 Å². The molecule has 0 aliphatic heterocycles. The SMILES string of the molecule is O=C(Nn1ccc(-c2ccco2)n1)c1cc(-c2ccccc2)nc2ccccc12. The van der Waals surface area contributed by atoms with Crippen LogP contribution in [0.15, 0.2) is 95.7 Å². The van der Waals surface area contributed by atoms with Crippen LogP contribution in [0.5, 0.6) is 0 Å². The molecule has 2 aromatic carbocycles. The van der Waals surface area contributed by atoms with Gasteiger partial charge in [0.25, 0.3) is 5.91 Å². The highest BCUT2D eigenvalue weighted by Gasteiger charge is 2.15. The number of para-hydroxylation sites is 1. The van der Waals surface area contributed by atoms with Crippen molar-refractivity contribution >= 4 is 16.8 Å². The Balaban J connectivity index is 1.52. The standard InChI is InChI=1S/C23H16N4O2/c28-23(26-27-13-12-20(25-27)22-11-6-14-29-22)18-15-21(16-7-2-1-3-8-16)24-19-10-5-4-9-17(18)19/h1-15H,(H,26,28). The van der Waals surface area contributed by atoms with Gasteiger partial charge in [-0.2, -0.15) is 4.79 Å². The summed E-state index contributed by atoms with van der Waals surface area (Å²) in [5.41, 5.74) is 6.43. The second kappa shape index (κ2) is 7.09. The topological polar surface area (TPSA) is 73.0 Å². The van der Waals surface area contributed by atoms with Gasteiger partial charge in [0.1, 0.15) is 5.69 Å². The molecule has 0 atom stereocenters. The molecule has 0 saturated carbocycles. The summed E-state index contributed by atoms with van der Waals surface area (Å²) in [6, 6.07) is 24.6. The highest BCUT2D eigenvalue weighted by Crippen LogP contribution is 2.25. The van der Waals surface area contributed by atoms with Gasteiger partial charge < -0.3 is 4.42 Å². The van der Waals surface area contributed by atoms with Crippen LogP contribution in [0, 0.1) is 0 Å². The quantitative estimate of drug-likeness (QED) is 0.489. The van der Waals surface area contributed by atoms with E-state index in [2.05, 4.69) is 10.5 Å². The average Bonchev–Trinajstić information content (AvgIpc) is 3.45. The lowest BCUT2D eigenvalue weighted by Gasteiger charge is -2.10. The third kappa shape index (κ3) is 3.27. The predicted molar refractivity (Wildman–Crippen MR) is 111 cm³/mol. The number of hydrogen-bond acceptors (Lipinski definition) is 4. The number of nitrogens with one attached hydrogen (secondary N) is 1. The van der Waals surface area contributed by atoms with Crippen LogP contribution in [-0.2, 0) is 0 Å². The smallest absolute Gasteiger partial charge is 0.272 e. The van der Waals surface area contributed by atoms with E-state index >= 15 is 0 Å². The van der Waals surface area contributed by atoms with Crippen LogP contribution in [-0.4, -0.2) is 20.8 Å². The van der Waals surface area contributed by atoms with Crippen LogP contribution in [0.2, 0.25) is 0 Å². The Hall–Kier alpha value is -4.19. The fourth-order valence-corrected chi connectivity index (χ4v) is 3.23. The molecule has 0 radical (unpaired) electrons. The Morgan fingerprint density at radius 2 is 1.72 bits per heavy atom. The number of hydrogen-bond donors (Lipinski definition) is 1. The molecule has 0 saturated heterocycles. The molecule has 3 aromatic heterocycles. The van der Waals surface area contributed by atoms with Crippen LogP contribution in [0.3, 0.4) is 0 Å². The van der Waals surface area contributed by atoms with Crippen LogP contribution < -0.4 is 5.43 Å². The number of pyridine rings is 1. The minimum Gasteiger partial charge on any atom is -0.463 e. The Morgan fingerprint density at radius 1 is 0.897 bits per heavy atom. The molecule has 1 amide bonds. The van der Waals surface area contributed by atoms with Crippen molar-refractivity contribution in [1.82, 2.24) is 14.9 Å². The molecule has 5 rings (SSSR count). The van der Waals surface area contributed by atoms with Gasteiger partial charge in [-0.1, -0.05) is 48.5 Å². The average molecular weight is 380 g/mol. The van der Waals surface area contributed by atoms with E-state index in [1.165, 1.54) is 4.79 Å². The van der Waals surface area contributed by atoms with E-state index in [-0.39, 0.29) is 5.91 Å². The third-order valence-electron chi connectivity index (χ3n) is 4.61. The largest absolute Gasteiger partial charge is 0.463 e. The summed E-state index contributed by atoms with van der Waals surface area (Å²) in [7, 11) is 0. The van der Waals surface area contributed by atoms with Gasteiger partial charge in [0.2, 0.25) is 0 Å².